The highest BCUT2D eigenvalue weighted by Gasteiger charge is 2.21. The Morgan fingerprint density at radius 2 is 0.842 bits per heavy atom. The standard InChI is InChI=1S/C17H34N2/c1-17(19-18)15-13-11-9-7-5-3-2-4-6-8-10-12-14-16-17/h18H,2-16H2,1H3. The molecule has 0 heterocycles. The Morgan fingerprint density at radius 1 is 0.579 bits per heavy atom. The molecule has 0 saturated heterocycles. The second-order valence-electron chi connectivity index (χ2n) is 6.70. The first-order valence-electron chi connectivity index (χ1n) is 8.65. The average molecular weight is 266 g/mol. The van der Waals surface area contributed by atoms with Crippen molar-refractivity contribution in [1.82, 2.24) is 0 Å². The number of rotatable bonds is 1. The lowest BCUT2D eigenvalue weighted by atomic mass is 9.88. The summed E-state index contributed by atoms with van der Waals surface area (Å²) in [6, 6.07) is 0. The molecular formula is C17H34N2. The van der Waals surface area contributed by atoms with Gasteiger partial charge in [-0.3, -0.25) is 0 Å². The first-order valence-corrected chi connectivity index (χ1v) is 8.65. The lowest BCUT2D eigenvalue weighted by Gasteiger charge is -2.23. The third-order valence-corrected chi connectivity index (χ3v) is 4.70. The van der Waals surface area contributed by atoms with Gasteiger partial charge in [0.2, 0.25) is 0 Å². The second-order valence-corrected chi connectivity index (χ2v) is 6.70. The van der Waals surface area contributed by atoms with E-state index >= 15 is 0 Å². The van der Waals surface area contributed by atoms with E-state index in [2.05, 4.69) is 12.0 Å². The van der Waals surface area contributed by atoms with E-state index in [4.69, 9.17) is 5.53 Å². The van der Waals surface area contributed by atoms with E-state index in [1.807, 2.05) is 0 Å². The molecule has 0 aromatic carbocycles. The molecule has 1 rings (SSSR count). The van der Waals surface area contributed by atoms with Crippen molar-refractivity contribution in [3.8, 4) is 0 Å². The molecule has 0 radical (unpaired) electrons. The van der Waals surface area contributed by atoms with Crippen LogP contribution >= 0.6 is 0 Å². The molecule has 1 aliphatic rings. The zero-order valence-corrected chi connectivity index (χ0v) is 13.1. The van der Waals surface area contributed by atoms with Crippen LogP contribution in [-0.2, 0) is 0 Å². The molecule has 2 nitrogen and oxygen atoms in total. The van der Waals surface area contributed by atoms with E-state index in [0.29, 0.717) is 0 Å². The molecule has 1 aliphatic carbocycles. The summed E-state index contributed by atoms with van der Waals surface area (Å²) in [5, 5.41) is 3.93. The van der Waals surface area contributed by atoms with Crippen LogP contribution in [0.25, 0.3) is 0 Å². The Bertz CT molecular complexity index is 209. The minimum absolute atomic E-state index is 0.0585. The summed E-state index contributed by atoms with van der Waals surface area (Å²) in [5.74, 6) is 0. The summed E-state index contributed by atoms with van der Waals surface area (Å²) in [6.45, 7) is 2.18. The highest BCUT2D eigenvalue weighted by molar-refractivity contribution is 4.80. The first kappa shape index (κ1) is 16.7. The fourth-order valence-electron chi connectivity index (χ4n) is 3.19. The van der Waals surface area contributed by atoms with Gasteiger partial charge in [-0.1, -0.05) is 83.5 Å². The fraction of sp³-hybridized carbons (Fsp3) is 1.00. The lowest BCUT2D eigenvalue weighted by Crippen LogP contribution is -2.21. The van der Waals surface area contributed by atoms with Crippen molar-refractivity contribution in [3.05, 3.63) is 0 Å². The fourth-order valence-corrected chi connectivity index (χ4v) is 3.19. The van der Waals surface area contributed by atoms with Crippen LogP contribution in [0.5, 0.6) is 0 Å². The van der Waals surface area contributed by atoms with Gasteiger partial charge in [-0.15, -0.1) is 0 Å². The van der Waals surface area contributed by atoms with Gasteiger partial charge in [0.1, 0.15) is 0 Å². The molecule has 1 N–H and O–H groups in total. The summed E-state index contributed by atoms with van der Waals surface area (Å²) in [6.07, 6.45) is 20.2. The summed E-state index contributed by atoms with van der Waals surface area (Å²) in [7, 11) is 0. The molecule has 0 bridgehead atoms. The maximum atomic E-state index is 7.45. The van der Waals surface area contributed by atoms with Gasteiger partial charge >= 0.3 is 0 Å². The maximum absolute atomic E-state index is 7.45. The highest BCUT2D eigenvalue weighted by atomic mass is 15.0. The van der Waals surface area contributed by atoms with E-state index in [1.54, 1.807) is 0 Å². The average Bonchev–Trinajstić information content (AvgIpc) is 2.42. The molecule has 19 heavy (non-hydrogen) atoms. The van der Waals surface area contributed by atoms with Crippen LogP contribution in [0.2, 0.25) is 0 Å². The SMILES string of the molecule is CC1(N=N)CCCCCCCCCCCCCCC1. The van der Waals surface area contributed by atoms with Gasteiger partial charge in [-0.25, -0.2) is 5.53 Å². The Hall–Kier alpha value is -0.400. The molecule has 0 amide bonds. The first-order chi connectivity index (χ1) is 9.27. The minimum Gasteiger partial charge on any atom is -0.209 e. The highest BCUT2D eigenvalue weighted by Crippen LogP contribution is 2.27. The Kier molecular flexibility index (Phi) is 9.11. The zero-order valence-electron chi connectivity index (χ0n) is 13.1. The van der Waals surface area contributed by atoms with Crippen molar-refractivity contribution < 1.29 is 0 Å². The van der Waals surface area contributed by atoms with Crippen LogP contribution in [0, 0.1) is 5.53 Å². The summed E-state index contributed by atoms with van der Waals surface area (Å²) < 4.78 is 0. The van der Waals surface area contributed by atoms with Gasteiger partial charge < -0.3 is 0 Å². The van der Waals surface area contributed by atoms with Gasteiger partial charge in [-0.2, -0.15) is 5.11 Å². The maximum Gasteiger partial charge on any atom is 0.0785 e. The van der Waals surface area contributed by atoms with Crippen LogP contribution in [-0.4, -0.2) is 5.54 Å². The van der Waals surface area contributed by atoms with Gasteiger partial charge in [0.15, 0.2) is 0 Å². The van der Waals surface area contributed by atoms with Crippen LogP contribution in [0.4, 0.5) is 0 Å². The van der Waals surface area contributed by atoms with E-state index in [1.165, 1.54) is 83.5 Å². The zero-order chi connectivity index (χ0) is 13.8. The number of hydrogen-bond donors (Lipinski definition) is 1. The quantitative estimate of drug-likeness (QED) is 0.516. The minimum atomic E-state index is -0.0585. The largest absolute Gasteiger partial charge is 0.209 e. The lowest BCUT2D eigenvalue weighted by molar-refractivity contribution is 0.344. The van der Waals surface area contributed by atoms with E-state index in [-0.39, 0.29) is 5.54 Å². The smallest absolute Gasteiger partial charge is 0.0785 e. The van der Waals surface area contributed by atoms with E-state index in [0.717, 1.165) is 12.8 Å². The van der Waals surface area contributed by atoms with E-state index < -0.39 is 0 Å². The molecule has 0 spiro atoms. The third kappa shape index (κ3) is 8.39. The van der Waals surface area contributed by atoms with E-state index in [9.17, 15) is 0 Å². The van der Waals surface area contributed by atoms with Crippen LogP contribution in [0.3, 0.4) is 0 Å². The molecule has 0 atom stereocenters. The Labute approximate surface area is 120 Å². The molecule has 112 valence electrons. The van der Waals surface area contributed by atoms with Crippen molar-refractivity contribution in [3.63, 3.8) is 0 Å². The molecular weight excluding hydrogens is 232 g/mol. The van der Waals surface area contributed by atoms with Crippen molar-refractivity contribution in [2.24, 2.45) is 5.11 Å². The van der Waals surface area contributed by atoms with Crippen molar-refractivity contribution in [2.45, 2.75) is 109 Å². The summed E-state index contributed by atoms with van der Waals surface area (Å²) >= 11 is 0. The number of nitrogens with one attached hydrogen (secondary N) is 1. The topological polar surface area (TPSA) is 36.2 Å². The van der Waals surface area contributed by atoms with Gasteiger partial charge in [-0.05, 0) is 19.8 Å². The Morgan fingerprint density at radius 3 is 1.11 bits per heavy atom. The molecule has 0 aliphatic heterocycles. The molecule has 2 heteroatoms. The van der Waals surface area contributed by atoms with Gasteiger partial charge in [0.05, 0.1) is 5.54 Å². The van der Waals surface area contributed by atoms with Gasteiger partial charge in [0.25, 0.3) is 0 Å². The van der Waals surface area contributed by atoms with Crippen molar-refractivity contribution in [1.29, 1.82) is 5.53 Å². The molecule has 1 saturated carbocycles. The van der Waals surface area contributed by atoms with Gasteiger partial charge in [0, 0.05) is 0 Å². The van der Waals surface area contributed by atoms with Crippen molar-refractivity contribution >= 4 is 0 Å². The predicted octanol–water partition coefficient (Wildman–Crippen LogP) is 6.64. The summed E-state index contributed by atoms with van der Waals surface area (Å²) in [5.41, 5.74) is 7.40. The Balaban J connectivity index is 2.29. The molecule has 0 aromatic rings. The molecule has 1 fully saturated rings. The van der Waals surface area contributed by atoms with Crippen LogP contribution < -0.4 is 0 Å². The number of nitrogens with zero attached hydrogens (tertiary/aromatic N) is 1. The number of hydrogen-bond acceptors (Lipinski definition) is 2. The predicted molar refractivity (Wildman–Crippen MR) is 82.8 cm³/mol. The molecule has 0 unspecified atom stereocenters. The monoisotopic (exact) mass is 266 g/mol. The third-order valence-electron chi connectivity index (χ3n) is 4.70. The molecule has 0 aromatic heterocycles. The van der Waals surface area contributed by atoms with Crippen molar-refractivity contribution in [2.75, 3.05) is 0 Å². The van der Waals surface area contributed by atoms with Crippen LogP contribution in [0.1, 0.15) is 103 Å². The van der Waals surface area contributed by atoms with Crippen LogP contribution in [0.15, 0.2) is 5.11 Å². The normalized spacial score (nSPS) is 24.7. The second kappa shape index (κ2) is 10.4. The summed E-state index contributed by atoms with van der Waals surface area (Å²) in [4.78, 5) is 0.